The first kappa shape index (κ1) is 7.16. The molecule has 0 amide bonds. The zero-order valence-corrected chi connectivity index (χ0v) is 6.86. The van der Waals surface area contributed by atoms with Crippen molar-refractivity contribution in [3.05, 3.63) is 29.4 Å². The van der Waals surface area contributed by atoms with E-state index in [1.165, 1.54) is 0 Å². The monoisotopic (exact) mass is 159 g/mol. The van der Waals surface area contributed by atoms with Gasteiger partial charge in [-0.05, 0) is 25.5 Å². The first-order valence-corrected chi connectivity index (χ1v) is 3.90. The molecule has 60 valence electrons. The first-order valence-electron chi connectivity index (χ1n) is 3.90. The molecule has 0 fully saturated rings. The molecule has 0 N–H and O–H groups in total. The molecule has 2 rings (SSSR count). The smallest absolute Gasteiger partial charge is 0.148 e. The molecule has 0 saturated carbocycles. The molecule has 3 heteroatoms. The normalized spacial score (nSPS) is 14.1. The van der Waals surface area contributed by atoms with E-state index in [2.05, 4.69) is 21.3 Å². The Morgan fingerprint density at radius 3 is 2.67 bits per heavy atom. The van der Waals surface area contributed by atoms with Crippen LogP contribution in [0.2, 0.25) is 0 Å². The lowest BCUT2D eigenvalue weighted by atomic mass is 10.3. The molecule has 1 aliphatic rings. The molecule has 0 bridgehead atoms. The standard InChI is InChI=1S/C9H9N3/c1-7-10-8-5-3-2-4-6-9(8)12-11-7/h3-6H,2H2,1H3. The van der Waals surface area contributed by atoms with E-state index < -0.39 is 0 Å². The molecule has 3 nitrogen and oxygen atoms in total. The second kappa shape index (κ2) is 2.85. The SMILES string of the molecule is Cc1nnc2c(n1)C=CCC=C2. The van der Waals surface area contributed by atoms with Crippen molar-refractivity contribution in [2.24, 2.45) is 0 Å². The second-order valence-corrected chi connectivity index (χ2v) is 2.67. The fraction of sp³-hybridized carbons (Fsp3) is 0.222. The number of nitrogens with zero attached hydrogens (tertiary/aromatic N) is 3. The summed E-state index contributed by atoms with van der Waals surface area (Å²) in [6.07, 6.45) is 8.99. The maximum absolute atomic E-state index is 4.26. The summed E-state index contributed by atoms with van der Waals surface area (Å²) in [7, 11) is 0. The number of allylic oxidation sites excluding steroid dienone is 2. The van der Waals surface area contributed by atoms with Crippen LogP contribution >= 0.6 is 0 Å². The van der Waals surface area contributed by atoms with Gasteiger partial charge in [-0.15, -0.1) is 10.2 Å². The molecule has 1 aromatic heterocycles. The topological polar surface area (TPSA) is 38.7 Å². The maximum atomic E-state index is 4.26. The Labute approximate surface area is 70.9 Å². The van der Waals surface area contributed by atoms with Crippen molar-refractivity contribution in [2.45, 2.75) is 13.3 Å². The van der Waals surface area contributed by atoms with E-state index in [9.17, 15) is 0 Å². The minimum atomic E-state index is 0.716. The van der Waals surface area contributed by atoms with Crippen molar-refractivity contribution >= 4 is 12.2 Å². The van der Waals surface area contributed by atoms with Crippen LogP contribution in [0.1, 0.15) is 23.6 Å². The van der Waals surface area contributed by atoms with E-state index in [0.29, 0.717) is 5.82 Å². The van der Waals surface area contributed by atoms with E-state index in [1.54, 1.807) is 0 Å². The van der Waals surface area contributed by atoms with Crippen molar-refractivity contribution < 1.29 is 0 Å². The highest BCUT2D eigenvalue weighted by Crippen LogP contribution is 2.11. The number of fused-ring (bicyclic) bond motifs is 1. The Morgan fingerprint density at radius 2 is 1.83 bits per heavy atom. The van der Waals surface area contributed by atoms with Gasteiger partial charge in [0.25, 0.3) is 0 Å². The van der Waals surface area contributed by atoms with Gasteiger partial charge in [0.1, 0.15) is 11.5 Å². The lowest BCUT2D eigenvalue weighted by Crippen LogP contribution is -1.97. The molecule has 1 aromatic rings. The van der Waals surface area contributed by atoms with Crippen molar-refractivity contribution in [1.29, 1.82) is 0 Å². The molecule has 0 aliphatic heterocycles. The van der Waals surface area contributed by atoms with Crippen LogP contribution < -0.4 is 0 Å². The van der Waals surface area contributed by atoms with Crippen LogP contribution in [-0.4, -0.2) is 15.2 Å². The van der Waals surface area contributed by atoms with Crippen LogP contribution in [0.5, 0.6) is 0 Å². The van der Waals surface area contributed by atoms with Crippen LogP contribution in [-0.2, 0) is 0 Å². The number of rotatable bonds is 0. The highest BCUT2D eigenvalue weighted by Gasteiger charge is 2.02. The quantitative estimate of drug-likeness (QED) is 0.577. The molecular formula is C9H9N3. The largest absolute Gasteiger partial charge is 0.230 e. The molecule has 0 radical (unpaired) electrons. The Kier molecular flexibility index (Phi) is 1.70. The molecule has 0 aromatic carbocycles. The zero-order chi connectivity index (χ0) is 8.39. The summed E-state index contributed by atoms with van der Waals surface area (Å²) >= 11 is 0. The third kappa shape index (κ3) is 1.25. The lowest BCUT2D eigenvalue weighted by Gasteiger charge is -1.96. The van der Waals surface area contributed by atoms with Gasteiger partial charge in [-0.3, -0.25) is 0 Å². The summed E-state index contributed by atoms with van der Waals surface area (Å²) in [5, 5.41) is 7.92. The van der Waals surface area contributed by atoms with E-state index >= 15 is 0 Å². The van der Waals surface area contributed by atoms with E-state index in [4.69, 9.17) is 0 Å². The van der Waals surface area contributed by atoms with Crippen LogP contribution in [0.4, 0.5) is 0 Å². The summed E-state index contributed by atoms with van der Waals surface area (Å²) in [5.74, 6) is 0.716. The average molecular weight is 159 g/mol. The Bertz CT molecular complexity index is 353. The molecular weight excluding hydrogens is 150 g/mol. The van der Waals surface area contributed by atoms with Gasteiger partial charge in [0, 0.05) is 0 Å². The highest BCUT2D eigenvalue weighted by molar-refractivity contribution is 5.61. The minimum absolute atomic E-state index is 0.716. The fourth-order valence-corrected chi connectivity index (χ4v) is 1.11. The highest BCUT2D eigenvalue weighted by atomic mass is 15.2. The van der Waals surface area contributed by atoms with Gasteiger partial charge >= 0.3 is 0 Å². The maximum Gasteiger partial charge on any atom is 0.148 e. The third-order valence-corrected chi connectivity index (χ3v) is 1.67. The van der Waals surface area contributed by atoms with Gasteiger partial charge in [0.2, 0.25) is 0 Å². The number of hydrogen-bond donors (Lipinski definition) is 0. The summed E-state index contributed by atoms with van der Waals surface area (Å²) in [6, 6.07) is 0. The van der Waals surface area contributed by atoms with Crippen LogP contribution in [0, 0.1) is 6.92 Å². The Balaban J connectivity index is 2.58. The second-order valence-electron chi connectivity index (χ2n) is 2.67. The summed E-state index contributed by atoms with van der Waals surface area (Å²) in [4.78, 5) is 4.26. The fourth-order valence-electron chi connectivity index (χ4n) is 1.11. The molecule has 0 unspecified atom stereocenters. The van der Waals surface area contributed by atoms with Gasteiger partial charge in [0.05, 0.1) is 5.69 Å². The Hall–Kier alpha value is -1.51. The van der Waals surface area contributed by atoms with Crippen LogP contribution in [0.25, 0.3) is 12.2 Å². The summed E-state index contributed by atoms with van der Waals surface area (Å²) in [5.41, 5.74) is 1.77. The van der Waals surface area contributed by atoms with E-state index in [1.807, 2.05) is 25.2 Å². The Morgan fingerprint density at radius 1 is 1.08 bits per heavy atom. The number of aryl methyl sites for hydroxylation is 1. The zero-order valence-electron chi connectivity index (χ0n) is 6.86. The van der Waals surface area contributed by atoms with Gasteiger partial charge < -0.3 is 0 Å². The summed E-state index contributed by atoms with van der Waals surface area (Å²) in [6.45, 7) is 1.84. The van der Waals surface area contributed by atoms with Crippen LogP contribution in [0.3, 0.4) is 0 Å². The van der Waals surface area contributed by atoms with Gasteiger partial charge in [-0.1, -0.05) is 12.2 Å². The molecule has 0 atom stereocenters. The molecule has 1 heterocycles. The minimum Gasteiger partial charge on any atom is -0.230 e. The van der Waals surface area contributed by atoms with Gasteiger partial charge in [0.15, 0.2) is 0 Å². The predicted octanol–water partition coefficient (Wildman–Crippen LogP) is 1.61. The number of aromatic nitrogens is 3. The first-order chi connectivity index (χ1) is 5.86. The molecule has 0 saturated heterocycles. The number of hydrogen-bond acceptors (Lipinski definition) is 3. The van der Waals surface area contributed by atoms with Crippen molar-refractivity contribution in [2.75, 3.05) is 0 Å². The van der Waals surface area contributed by atoms with Crippen LogP contribution in [0.15, 0.2) is 12.2 Å². The molecule has 1 aliphatic carbocycles. The van der Waals surface area contributed by atoms with Gasteiger partial charge in [-0.2, -0.15) is 0 Å². The predicted molar refractivity (Wildman–Crippen MR) is 47.2 cm³/mol. The van der Waals surface area contributed by atoms with Crippen molar-refractivity contribution in [3.63, 3.8) is 0 Å². The van der Waals surface area contributed by atoms with Crippen molar-refractivity contribution in [3.8, 4) is 0 Å². The van der Waals surface area contributed by atoms with Gasteiger partial charge in [-0.25, -0.2) is 4.98 Å². The molecule has 12 heavy (non-hydrogen) atoms. The van der Waals surface area contributed by atoms with E-state index in [-0.39, 0.29) is 0 Å². The van der Waals surface area contributed by atoms with Crippen molar-refractivity contribution in [1.82, 2.24) is 15.2 Å². The molecule has 0 spiro atoms. The third-order valence-electron chi connectivity index (χ3n) is 1.67. The lowest BCUT2D eigenvalue weighted by molar-refractivity contribution is 0.891. The van der Waals surface area contributed by atoms with E-state index in [0.717, 1.165) is 17.8 Å². The average Bonchev–Trinajstić information content (AvgIpc) is 2.28. The summed E-state index contributed by atoms with van der Waals surface area (Å²) < 4.78 is 0.